The first kappa shape index (κ1) is 13.0. The quantitative estimate of drug-likeness (QED) is 0.588. The summed E-state index contributed by atoms with van der Waals surface area (Å²) in [4.78, 5) is 24.2. The molecule has 90 valence electrons. The predicted molar refractivity (Wildman–Crippen MR) is 65.6 cm³/mol. The molecule has 1 amide bonds. The number of nitrogens with zero attached hydrogens (tertiary/aromatic N) is 1. The summed E-state index contributed by atoms with van der Waals surface area (Å²) in [5.74, 6) is -0.786. The second-order valence-electron chi connectivity index (χ2n) is 3.32. The SMILES string of the molecule is CCOC(=O)/C=C\C(=O)N(C)c1ccccc1. The Bertz CT molecular complexity index is 412. The van der Waals surface area contributed by atoms with E-state index in [1.54, 1.807) is 14.0 Å². The molecular formula is C13H15NO3. The van der Waals surface area contributed by atoms with Crippen LogP contribution in [0.2, 0.25) is 0 Å². The largest absolute Gasteiger partial charge is 0.463 e. The average Bonchev–Trinajstić information content (AvgIpc) is 2.36. The number of amides is 1. The molecule has 1 aromatic carbocycles. The summed E-state index contributed by atoms with van der Waals surface area (Å²) < 4.78 is 4.68. The van der Waals surface area contributed by atoms with Crippen molar-refractivity contribution in [3.05, 3.63) is 42.5 Å². The van der Waals surface area contributed by atoms with Crippen LogP contribution in [0.4, 0.5) is 5.69 Å². The van der Waals surface area contributed by atoms with Crippen LogP contribution in [0.5, 0.6) is 0 Å². The van der Waals surface area contributed by atoms with E-state index < -0.39 is 5.97 Å². The Hall–Kier alpha value is -2.10. The number of anilines is 1. The van der Waals surface area contributed by atoms with E-state index in [-0.39, 0.29) is 5.91 Å². The molecular weight excluding hydrogens is 218 g/mol. The standard InChI is InChI=1S/C13H15NO3/c1-3-17-13(16)10-9-12(15)14(2)11-7-5-4-6-8-11/h4-10H,3H2,1-2H3/b10-9-. The van der Waals surface area contributed by atoms with E-state index in [0.29, 0.717) is 6.61 Å². The highest BCUT2D eigenvalue weighted by Gasteiger charge is 2.07. The van der Waals surface area contributed by atoms with Crippen LogP contribution in [0.3, 0.4) is 0 Å². The first-order valence-corrected chi connectivity index (χ1v) is 5.32. The lowest BCUT2D eigenvalue weighted by Crippen LogP contribution is -2.24. The van der Waals surface area contributed by atoms with Crippen molar-refractivity contribution in [3.63, 3.8) is 0 Å². The molecule has 0 saturated carbocycles. The van der Waals surface area contributed by atoms with Gasteiger partial charge in [0.05, 0.1) is 6.61 Å². The van der Waals surface area contributed by atoms with Crippen molar-refractivity contribution in [2.45, 2.75) is 6.92 Å². The second kappa shape index (κ2) is 6.48. The van der Waals surface area contributed by atoms with Gasteiger partial charge in [-0.3, -0.25) is 4.79 Å². The maximum atomic E-state index is 11.7. The lowest BCUT2D eigenvalue weighted by molar-refractivity contribution is -0.137. The highest BCUT2D eigenvalue weighted by atomic mass is 16.5. The minimum atomic E-state index is -0.512. The van der Waals surface area contributed by atoms with E-state index in [9.17, 15) is 9.59 Å². The molecule has 0 atom stereocenters. The molecule has 4 heteroatoms. The lowest BCUT2D eigenvalue weighted by Gasteiger charge is -2.14. The molecule has 0 aromatic heterocycles. The Balaban J connectivity index is 2.62. The summed E-state index contributed by atoms with van der Waals surface area (Å²) >= 11 is 0. The number of hydrogen-bond acceptors (Lipinski definition) is 3. The Morgan fingerprint density at radius 1 is 1.24 bits per heavy atom. The van der Waals surface area contributed by atoms with Crippen molar-refractivity contribution < 1.29 is 14.3 Å². The third kappa shape index (κ3) is 4.10. The van der Waals surface area contributed by atoms with Gasteiger partial charge in [0.25, 0.3) is 5.91 Å². The molecule has 17 heavy (non-hydrogen) atoms. The Morgan fingerprint density at radius 2 is 1.88 bits per heavy atom. The zero-order valence-electron chi connectivity index (χ0n) is 9.92. The fourth-order valence-electron chi connectivity index (χ4n) is 1.22. The van der Waals surface area contributed by atoms with Gasteiger partial charge in [0.2, 0.25) is 0 Å². The smallest absolute Gasteiger partial charge is 0.330 e. The number of para-hydroxylation sites is 1. The second-order valence-corrected chi connectivity index (χ2v) is 3.32. The molecule has 0 bridgehead atoms. The van der Waals surface area contributed by atoms with Crippen LogP contribution in [0.15, 0.2) is 42.5 Å². The van der Waals surface area contributed by atoms with E-state index in [1.807, 2.05) is 30.3 Å². The molecule has 1 rings (SSSR count). The van der Waals surface area contributed by atoms with Crippen molar-refractivity contribution in [1.82, 2.24) is 0 Å². The molecule has 0 fully saturated rings. The fourth-order valence-corrected chi connectivity index (χ4v) is 1.22. The normalized spacial score (nSPS) is 10.2. The lowest BCUT2D eigenvalue weighted by atomic mass is 10.3. The summed E-state index contributed by atoms with van der Waals surface area (Å²) in [6.45, 7) is 2.01. The summed E-state index contributed by atoms with van der Waals surface area (Å²) in [6.07, 6.45) is 2.33. The van der Waals surface area contributed by atoms with Gasteiger partial charge in [-0.2, -0.15) is 0 Å². The van der Waals surface area contributed by atoms with Crippen LogP contribution < -0.4 is 4.90 Å². The minimum Gasteiger partial charge on any atom is -0.463 e. The van der Waals surface area contributed by atoms with Gasteiger partial charge in [0, 0.05) is 24.9 Å². The summed E-state index contributed by atoms with van der Waals surface area (Å²) in [6, 6.07) is 9.19. The first-order valence-electron chi connectivity index (χ1n) is 5.32. The fraction of sp³-hybridized carbons (Fsp3) is 0.231. The van der Waals surface area contributed by atoms with Crippen molar-refractivity contribution in [2.24, 2.45) is 0 Å². The monoisotopic (exact) mass is 233 g/mol. The van der Waals surface area contributed by atoms with Gasteiger partial charge in [-0.15, -0.1) is 0 Å². The first-order chi connectivity index (χ1) is 8.15. The summed E-state index contributed by atoms with van der Waals surface area (Å²) in [7, 11) is 1.65. The third-order valence-electron chi connectivity index (χ3n) is 2.12. The van der Waals surface area contributed by atoms with E-state index >= 15 is 0 Å². The van der Waals surface area contributed by atoms with Crippen LogP contribution in [-0.4, -0.2) is 25.5 Å². The van der Waals surface area contributed by atoms with Crippen LogP contribution >= 0.6 is 0 Å². The van der Waals surface area contributed by atoms with E-state index in [2.05, 4.69) is 4.74 Å². The molecule has 4 nitrogen and oxygen atoms in total. The van der Waals surface area contributed by atoms with Crippen molar-refractivity contribution in [2.75, 3.05) is 18.6 Å². The number of hydrogen-bond donors (Lipinski definition) is 0. The summed E-state index contributed by atoms with van der Waals surface area (Å²) in [5.41, 5.74) is 0.769. The average molecular weight is 233 g/mol. The van der Waals surface area contributed by atoms with E-state index in [1.165, 1.54) is 11.0 Å². The van der Waals surface area contributed by atoms with Gasteiger partial charge in [0.15, 0.2) is 0 Å². The molecule has 0 radical (unpaired) electrons. The van der Waals surface area contributed by atoms with Gasteiger partial charge in [-0.05, 0) is 19.1 Å². The van der Waals surface area contributed by atoms with Gasteiger partial charge in [-0.1, -0.05) is 18.2 Å². The highest BCUT2D eigenvalue weighted by molar-refractivity contribution is 6.03. The van der Waals surface area contributed by atoms with Crippen LogP contribution in [0, 0.1) is 0 Å². The zero-order chi connectivity index (χ0) is 12.7. The number of rotatable bonds is 4. The Labute approximate surface area is 100 Å². The van der Waals surface area contributed by atoms with E-state index in [4.69, 9.17) is 0 Å². The Kier molecular flexibility index (Phi) is 4.94. The van der Waals surface area contributed by atoms with E-state index in [0.717, 1.165) is 11.8 Å². The molecule has 0 spiro atoms. The highest BCUT2D eigenvalue weighted by Crippen LogP contribution is 2.11. The van der Waals surface area contributed by atoms with Gasteiger partial charge < -0.3 is 9.64 Å². The van der Waals surface area contributed by atoms with Gasteiger partial charge in [-0.25, -0.2) is 4.79 Å². The maximum Gasteiger partial charge on any atom is 0.330 e. The van der Waals surface area contributed by atoms with Crippen molar-refractivity contribution in [3.8, 4) is 0 Å². The van der Waals surface area contributed by atoms with Crippen LogP contribution in [0.1, 0.15) is 6.92 Å². The molecule has 0 saturated heterocycles. The molecule has 0 heterocycles. The molecule has 0 N–H and O–H groups in total. The van der Waals surface area contributed by atoms with Gasteiger partial charge in [0.1, 0.15) is 0 Å². The Morgan fingerprint density at radius 3 is 2.47 bits per heavy atom. The molecule has 0 unspecified atom stereocenters. The maximum absolute atomic E-state index is 11.7. The topological polar surface area (TPSA) is 46.6 Å². The number of likely N-dealkylation sites (N-methyl/N-ethyl adjacent to an activating group) is 1. The van der Waals surface area contributed by atoms with Gasteiger partial charge >= 0.3 is 5.97 Å². The molecule has 0 aliphatic carbocycles. The predicted octanol–water partition coefficient (Wildman–Crippen LogP) is 1.77. The molecule has 0 aliphatic heterocycles. The van der Waals surface area contributed by atoms with Crippen LogP contribution in [-0.2, 0) is 14.3 Å². The number of carbonyl (C=O) groups excluding carboxylic acids is 2. The zero-order valence-corrected chi connectivity index (χ0v) is 9.92. The number of ether oxygens (including phenoxy) is 1. The van der Waals surface area contributed by atoms with Crippen molar-refractivity contribution >= 4 is 17.6 Å². The number of benzene rings is 1. The summed E-state index contributed by atoms with van der Waals surface area (Å²) in [5, 5.41) is 0. The van der Waals surface area contributed by atoms with Crippen LogP contribution in [0.25, 0.3) is 0 Å². The third-order valence-corrected chi connectivity index (χ3v) is 2.12. The minimum absolute atomic E-state index is 0.274. The molecule has 1 aromatic rings. The molecule has 0 aliphatic rings. The number of carbonyl (C=O) groups is 2. The number of esters is 1. The van der Waals surface area contributed by atoms with Crippen molar-refractivity contribution in [1.29, 1.82) is 0 Å².